The number of hydrogen-bond acceptors (Lipinski definition) is 4. The molecule has 0 N–H and O–H groups in total. The molecule has 0 saturated carbocycles. The van der Waals surface area contributed by atoms with E-state index in [2.05, 4.69) is 28.2 Å². The molecule has 1 unspecified atom stereocenters. The third-order valence-electron chi connectivity index (χ3n) is 3.76. The first-order chi connectivity index (χ1) is 9.34. The number of morpholine rings is 1. The molecule has 19 heavy (non-hydrogen) atoms. The molecule has 1 saturated heterocycles. The Kier molecular flexibility index (Phi) is 3.75. The number of para-hydroxylation sites is 1. The van der Waals surface area contributed by atoms with Gasteiger partial charge in [-0.15, -0.1) is 5.10 Å². The lowest BCUT2D eigenvalue weighted by atomic mass is 10.2. The summed E-state index contributed by atoms with van der Waals surface area (Å²) in [7, 11) is 0. The van der Waals surface area contributed by atoms with E-state index in [-0.39, 0.29) is 0 Å². The third kappa shape index (κ3) is 2.77. The Morgan fingerprint density at radius 2 is 2.05 bits per heavy atom. The molecule has 0 aliphatic carbocycles. The second-order valence-corrected chi connectivity index (χ2v) is 5.11. The molecule has 2 heterocycles. The number of ether oxygens (including phenoxy) is 1. The van der Waals surface area contributed by atoms with Crippen molar-refractivity contribution in [2.45, 2.75) is 19.4 Å². The summed E-state index contributed by atoms with van der Waals surface area (Å²) in [5.74, 6) is 0. The summed E-state index contributed by atoms with van der Waals surface area (Å²) < 4.78 is 7.40. The summed E-state index contributed by atoms with van der Waals surface area (Å²) >= 11 is 0. The van der Waals surface area contributed by atoms with E-state index in [1.807, 2.05) is 22.9 Å². The van der Waals surface area contributed by atoms with Crippen LogP contribution >= 0.6 is 0 Å². The molecule has 2 aromatic rings. The largest absolute Gasteiger partial charge is 0.379 e. The predicted molar refractivity (Wildman–Crippen MR) is 74.1 cm³/mol. The monoisotopic (exact) mass is 260 g/mol. The van der Waals surface area contributed by atoms with Crippen molar-refractivity contribution in [2.75, 3.05) is 32.8 Å². The fourth-order valence-corrected chi connectivity index (χ4v) is 2.53. The van der Waals surface area contributed by atoms with Crippen LogP contribution in [0.5, 0.6) is 0 Å². The summed E-state index contributed by atoms with van der Waals surface area (Å²) in [6.07, 6.45) is 1.09. The van der Waals surface area contributed by atoms with Gasteiger partial charge in [-0.3, -0.25) is 4.90 Å². The van der Waals surface area contributed by atoms with E-state index < -0.39 is 0 Å². The molecule has 0 spiro atoms. The third-order valence-corrected chi connectivity index (χ3v) is 3.76. The average Bonchev–Trinajstić information content (AvgIpc) is 2.90. The zero-order chi connectivity index (χ0) is 13.1. The van der Waals surface area contributed by atoms with Crippen LogP contribution in [0.15, 0.2) is 24.3 Å². The maximum Gasteiger partial charge on any atom is 0.113 e. The molecule has 1 aromatic carbocycles. The van der Waals surface area contributed by atoms with E-state index >= 15 is 0 Å². The lowest BCUT2D eigenvalue weighted by Gasteiger charge is -2.27. The number of fused-ring (bicyclic) bond motifs is 1. The normalized spacial score (nSPS) is 18.8. The molecular weight excluding hydrogens is 240 g/mol. The van der Waals surface area contributed by atoms with E-state index in [4.69, 9.17) is 4.74 Å². The van der Waals surface area contributed by atoms with Crippen LogP contribution in [0.25, 0.3) is 11.0 Å². The van der Waals surface area contributed by atoms with E-state index in [1.54, 1.807) is 0 Å². The van der Waals surface area contributed by atoms with Gasteiger partial charge in [0.25, 0.3) is 0 Å². The Bertz CT molecular complexity index is 533. The van der Waals surface area contributed by atoms with Gasteiger partial charge in [-0.25, -0.2) is 4.68 Å². The van der Waals surface area contributed by atoms with Crippen molar-refractivity contribution in [3.05, 3.63) is 24.3 Å². The van der Waals surface area contributed by atoms with Crippen LogP contribution in [-0.4, -0.2) is 52.7 Å². The molecule has 1 aliphatic rings. The highest BCUT2D eigenvalue weighted by Gasteiger charge is 2.14. The van der Waals surface area contributed by atoms with Crippen LogP contribution in [0.2, 0.25) is 0 Å². The van der Waals surface area contributed by atoms with Crippen molar-refractivity contribution in [3.8, 4) is 0 Å². The van der Waals surface area contributed by atoms with Crippen LogP contribution in [-0.2, 0) is 4.74 Å². The number of aromatic nitrogens is 3. The lowest BCUT2D eigenvalue weighted by Crippen LogP contribution is -2.37. The molecule has 3 rings (SSSR count). The summed E-state index contributed by atoms with van der Waals surface area (Å²) in [5.41, 5.74) is 2.10. The second kappa shape index (κ2) is 5.67. The fraction of sp³-hybridized carbons (Fsp3) is 0.571. The Hall–Kier alpha value is -1.46. The molecular formula is C14H20N4O. The molecule has 0 bridgehead atoms. The van der Waals surface area contributed by atoms with Crippen molar-refractivity contribution in [3.63, 3.8) is 0 Å². The summed E-state index contributed by atoms with van der Waals surface area (Å²) in [6, 6.07) is 8.50. The van der Waals surface area contributed by atoms with Crippen LogP contribution in [0.4, 0.5) is 0 Å². The zero-order valence-electron chi connectivity index (χ0n) is 11.3. The highest BCUT2D eigenvalue weighted by Crippen LogP contribution is 2.18. The minimum absolute atomic E-state index is 0.371. The van der Waals surface area contributed by atoms with Gasteiger partial charge in [-0.05, 0) is 25.5 Å². The molecule has 1 aromatic heterocycles. The highest BCUT2D eigenvalue weighted by atomic mass is 16.5. The van der Waals surface area contributed by atoms with Crippen molar-refractivity contribution in [1.29, 1.82) is 0 Å². The number of hydrogen-bond donors (Lipinski definition) is 0. The maximum absolute atomic E-state index is 5.37. The summed E-state index contributed by atoms with van der Waals surface area (Å²) in [5, 5.41) is 8.50. The molecule has 5 heteroatoms. The smallest absolute Gasteiger partial charge is 0.113 e. The van der Waals surface area contributed by atoms with Crippen molar-refractivity contribution < 1.29 is 4.74 Å². The van der Waals surface area contributed by atoms with Crippen LogP contribution < -0.4 is 0 Å². The first kappa shape index (κ1) is 12.6. The predicted octanol–water partition coefficient (Wildman–Crippen LogP) is 1.71. The van der Waals surface area contributed by atoms with E-state index in [1.165, 1.54) is 0 Å². The standard InChI is InChI=1S/C14H20N4O/c1-12(6-7-17-8-10-19-11-9-17)18-14-5-3-2-4-13(14)15-16-18/h2-5,12H,6-11H2,1H3. The van der Waals surface area contributed by atoms with E-state index in [9.17, 15) is 0 Å². The molecule has 1 atom stereocenters. The van der Waals surface area contributed by atoms with Gasteiger partial charge in [-0.1, -0.05) is 17.3 Å². The van der Waals surface area contributed by atoms with Gasteiger partial charge in [0, 0.05) is 19.6 Å². The summed E-state index contributed by atoms with van der Waals surface area (Å²) in [4.78, 5) is 2.46. The van der Waals surface area contributed by atoms with E-state index in [0.717, 1.165) is 50.3 Å². The SMILES string of the molecule is CC(CCN1CCOCC1)n1nnc2ccccc21. The molecule has 1 aliphatic heterocycles. The van der Waals surface area contributed by atoms with Gasteiger partial charge in [0.05, 0.1) is 24.8 Å². The first-order valence-corrected chi connectivity index (χ1v) is 6.94. The first-order valence-electron chi connectivity index (χ1n) is 6.94. The van der Waals surface area contributed by atoms with Gasteiger partial charge < -0.3 is 4.74 Å². The van der Waals surface area contributed by atoms with Gasteiger partial charge in [0.2, 0.25) is 0 Å². The lowest BCUT2D eigenvalue weighted by molar-refractivity contribution is 0.0357. The molecule has 0 radical (unpaired) electrons. The van der Waals surface area contributed by atoms with Crippen LogP contribution in [0.1, 0.15) is 19.4 Å². The van der Waals surface area contributed by atoms with Crippen molar-refractivity contribution >= 4 is 11.0 Å². The Balaban J connectivity index is 1.64. The Morgan fingerprint density at radius 1 is 1.26 bits per heavy atom. The Morgan fingerprint density at radius 3 is 2.89 bits per heavy atom. The molecule has 102 valence electrons. The molecule has 0 amide bonds. The molecule has 5 nitrogen and oxygen atoms in total. The van der Waals surface area contributed by atoms with Crippen molar-refractivity contribution in [2.24, 2.45) is 0 Å². The van der Waals surface area contributed by atoms with Crippen molar-refractivity contribution in [1.82, 2.24) is 19.9 Å². The molecule has 1 fully saturated rings. The van der Waals surface area contributed by atoms with Gasteiger partial charge in [0.15, 0.2) is 0 Å². The number of rotatable bonds is 4. The van der Waals surface area contributed by atoms with Gasteiger partial charge in [-0.2, -0.15) is 0 Å². The van der Waals surface area contributed by atoms with Gasteiger partial charge >= 0.3 is 0 Å². The van der Waals surface area contributed by atoms with Gasteiger partial charge in [0.1, 0.15) is 5.52 Å². The maximum atomic E-state index is 5.37. The van der Waals surface area contributed by atoms with Crippen LogP contribution in [0, 0.1) is 0 Å². The highest BCUT2D eigenvalue weighted by molar-refractivity contribution is 5.73. The average molecular weight is 260 g/mol. The van der Waals surface area contributed by atoms with E-state index in [0.29, 0.717) is 6.04 Å². The number of nitrogens with zero attached hydrogens (tertiary/aromatic N) is 4. The second-order valence-electron chi connectivity index (χ2n) is 5.11. The quantitative estimate of drug-likeness (QED) is 0.839. The summed E-state index contributed by atoms with van der Waals surface area (Å²) in [6.45, 7) is 7.12. The Labute approximate surface area is 113 Å². The zero-order valence-corrected chi connectivity index (χ0v) is 11.3. The van der Waals surface area contributed by atoms with Crippen LogP contribution in [0.3, 0.4) is 0 Å². The fourth-order valence-electron chi connectivity index (χ4n) is 2.53. The minimum atomic E-state index is 0.371. The minimum Gasteiger partial charge on any atom is -0.379 e. The topological polar surface area (TPSA) is 43.2 Å². The number of benzene rings is 1.